The number of rotatable bonds is 5. The monoisotopic (exact) mass is 330 g/mol. The molecule has 2 aliphatic heterocycles. The van der Waals surface area contributed by atoms with Gasteiger partial charge in [0.2, 0.25) is 0 Å². The van der Waals surface area contributed by atoms with Gasteiger partial charge in [-0.15, -0.1) is 0 Å². The van der Waals surface area contributed by atoms with E-state index in [1.807, 2.05) is 43.0 Å². The molecule has 2 fully saturated rings. The Morgan fingerprint density at radius 2 is 1.83 bits per heavy atom. The van der Waals surface area contributed by atoms with Crippen LogP contribution in [0.15, 0.2) is 24.3 Å². The molecule has 1 amide bonds. The maximum Gasteiger partial charge on any atom is 0.253 e. The third-order valence-electron chi connectivity index (χ3n) is 5.33. The van der Waals surface area contributed by atoms with Crippen LogP contribution in [0, 0.1) is 0 Å². The van der Waals surface area contributed by atoms with E-state index in [9.17, 15) is 9.90 Å². The lowest BCUT2D eigenvalue weighted by Gasteiger charge is -2.23. The van der Waals surface area contributed by atoms with Gasteiger partial charge >= 0.3 is 0 Å². The average molecular weight is 330 g/mol. The summed E-state index contributed by atoms with van der Waals surface area (Å²) >= 11 is 0. The van der Waals surface area contributed by atoms with E-state index in [1.54, 1.807) is 0 Å². The van der Waals surface area contributed by atoms with Crippen LogP contribution >= 0.6 is 0 Å². The summed E-state index contributed by atoms with van der Waals surface area (Å²) < 4.78 is 0. The van der Waals surface area contributed by atoms with Crippen LogP contribution in [0.5, 0.6) is 0 Å². The molecule has 0 radical (unpaired) electrons. The second-order valence-corrected chi connectivity index (χ2v) is 7.95. The number of benzene rings is 1. The smallest absolute Gasteiger partial charge is 0.253 e. The maximum atomic E-state index is 12.7. The largest absolute Gasteiger partial charge is 0.390 e. The first kappa shape index (κ1) is 17.4. The van der Waals surface area contributed by atoms with Crippen molar-refractivity contribution in [2.24, 2.45) is 0 Å². The second-order valence-electron chi connectivity index (χ2n) is 7.95. The van der Waals surface area contributed by atoms with Gasteiger partial charge < -0.3 is 10.0 Å². The zero-order valence-electron chi connectivity index (χ0n) is 15.0. The first-order valence-electron chi connectivity index (χ1n) is 9.27. The van der Waals surface area contributed by atoms with Gasteiger partial charge in [0, 0.05) is 24.7 Å². The molecule has 0 aliphatic carbocycles. The number of aryl methyl sites for hydroxylation is 1. The number of nitrogens with zero attached hydrogens (tertiary/aromatic N) is 2. The highest BCUT2D eigenvalue weighted by Crippen LogP contribution is 2.22. The predicted molar refractivity (Wildman–Crippen MR) is 96.2 cm³/mol. The molecule has 1 aromatic rings. The lowest BCUT2D eigenvalue weighted by Crippen LogP contribution is -2.37. The number of aliphatic hydroxyl groups is 1. The molecule has 4 heteroatoms. The van der Waals surface area contributed by atoms with Crippen molar-refractivity contribution >= 4 is 5.91 Å². The van der Waals surface area contributed by atoms with Crippen molar-refractivity contribution < 1.29 is 9.90 Å². The van der Waals surface area contributed by atoms with Crippen molar-refractivity contribution in [3.05, 3.63) is 35.4 Å². The van der Waals surface area contributed by atoms with Crippen LogP contribution in [-0.2, 0) is 6.42 Å². The molecule has 0 unspecified atom stereocenters. The summed E-state index contributed by atoms with van der Waals surface area (Å²) in [6.45, 7) is 7.80. The molecule has 0 bridgehead atoms. The van der Waals surface area contributed by atoms with Gasteiger partial charge in [0.25, 0.3) is 5.91 Å². The van der Waals surface area contributed by atoms with Crippen LogP contribution in [0.1, 0.15) is 55.5 Å². The fourth-order valence-corrected chi connectivity index (χ4v) is 3.78. The fourth-order valence-electron chi connectivity index (χ4n) is 3.78. The quantitative estimate of drug-likeness (QED) is 0.903. The number of likely N-dealkylation sites (tertiary alicyclic amines) is 2. The van der Waals surface area contributed by atoms with Crippen LogP contribution in [0.25, 0.3) is 0 Å². The molecule has 4 nitrogen and oxygen atoms in total. The van der Waals surface area contributed by atoms with Crippen molar-refractivity contribution in [3.8, 4) is 0 Å². The molecule has 1 atom stereocenters. The molecule has 132 valence electrons. The minimum Gasteiger partial charge on any atom is -0.390 e. The van der Waals surface area contributed by atoms with E-state index in [1.165, 1.54) is 31.5 Å². The van der Waals surface area contributed by atoms with Crippen LogP contribution in [0.2, 0.25) is 0 Å². The summed E-state index contributed by atoms with van der Waals surface area (Å²) in [7, 11) is 0. The van der Waals surface area contributed by atoms with E-state index in [0.29, 0.717) is 6.04 Å². The molecule has 24 heavy (non-hydrogen) atoms. The Bertz CT molecular complexity index is 556. The van der Waals surface area contributed by atoms with E-state index < -0.39 is 5.60 Å². The van der Waals surface area contributed by atoms with E-state index in [0.717, 1.165) is 37.9 Å². The Balaban J connectivity index is 1.55. The zero-order valence-corrected chi connectivity index (χ0v) is 15.0. The summed E-state index contributed by atoms with van der Waals surface area (Å²) in [6, 6.07) is 8.47. The molecular formula is C20H30N2O2. The number of hydrogen-bond acceptors (Lipinski definition) is 3. The van der Waals surface area contributed by atoms with E-state index >= 15 is 0 Å². The van der Waals surface area contributed by atoms with E-state index in [4.69, 9.17) is 0 Å². The Kier molecular flexibility index (Phi) is 5.26. The molecule has 2 aliphatic rings. The Labute approximate surface area is 145 Å². The van der Waals surface area contributed by atoms with Crippen LogP contribution in [0.4, 0.5) is 0 Å². The lowest BCUT2D eigenvalue weighted by molar-refractivity contribution is 0.0712. The van der Waals surface area contributed by atoms with Gasteiger partial charge in [0.1, 0.15) is 0 Å². The topological polar surface area (TPSA) is 43.8 Å². The summed E-state index contributed by atoms with van der Waals surface area (Å²) in [5.74, 6) is 0.158. The fraction of sp³-hybridized carbons (Fsp3) is 0.650. The van der Waals surface area contributed by atoms with Gasteiger partial charge in [0.05, 0.1) is 5.60 Å². The van der Waals surface area contributed by atoms with Gasteiger partial charge in [-0.2, -0.15) is 0 Å². The first-order chi connectivity index (χ1) is 11.4. The molecule has 2 saturated heterocycles. The van der Waals surface area contributed by atoms with Crippen LogP contribution in [0.3, 0.4) is 0 Å². The third kappa shape index (κ3) is 4.37. The molecule has 0 saturated carbocycles. The third-order valence-corrected chi connectivity index (χ3v) is 5.33. The summed E-state index contributed by atoms with van der Waals surface area (Å²) in [5.41, 5.74) is 1.31. The van der Waals surface area contributed by atoms with E-state index in [-0.39, 0.29) is 5.91 Å². The van der Waals surface area contributed by atoms with Crippen LogP contribution < -0.4 is 0 Å². The lowest BCUT2D eigenvalue weighted by atomic mass is 9.98. The van der Waals surface area contributed by atoms with Crippen LogP contribution in [-0.4, -0.2) is 58.6 Å². The maximum absolute atomic E-state index is 12.7. The Hall–Kier alpha value is -1.39. The number of carbonyl (C=O) groups is 1. The van der Waals surface area contributed by atoms with Gasteiger partial charge in [-0.3, -0.25) is 9.69 Å². The normalized spacial score (nSPS) is 22.3. The van der Waals surface area contributed by atoms with Gasteiger partial charge in [-0.25, -0.2) is 0 Å². The van der Waals surface area contributed by atoms with Crippen molar-refractivity contribution in [2.45, 2.75) is 57.6 Å². The zero-order chi connectivity index (χ0) is 17.2. The minimum atomic E-state index is -0.644. The highest BCUT2D eigenvalue weighted by molar-refractivity contribution is 5.94. The number of hydrogen-bond donors (Lipinski definition) is 1. The Morgan fingerprint density at radius 1 is 1.17 bits per heavy atom. The number of amides is 1. The summed E-state index contributed by atoms with van der Waals surface area (Å²) in [5, 5.41) is 9.82. The molecule has 0 aromatic heterocycles. The molecule has 3 rings (SSSR count). The number of carbonyl (C=O) groups excluding carboxylic acids is 1. The Morgan fingerprint density at radius 3 is 2.46 bits per heavy atom. The first-order valence-corrected chi connectivity index (χ1v) is 9.27. The van der Waals surface area contributed by atoms with Crippen molar-refractivity contribution in [1.82, 2.24) is 9.80 Å². The van der Waals surface area contributed by atoms with Crippen molar-refractivity contribution in [2.75, 3.05) is 26.2 Å². The van der Waals surface area contributed by atoms with Gasteiger partial charge in [0.15, 0.2) is 0 Å². The highest BCUT2D eigenvalue weighted by atomic mass is 16.3. The van der Waals surface area contributed by atoms with E-state index in [2.05, 4.69) is 4.90 Å². The predicted octanol–water partition coefficient (Wildman–Crippen LogP) is 2.70. The van der Waals surface area contributed by atoms with Gasteiger partial charge in [-0.05, 0) is 76.7 Å². The van der Waals surface area contributed by atoms with Gasteiger partial charge in [-0.1, -0.05) is 12.1 Å². The molecule has 1 aromatic carbocycles. The molecule has 1 N–H and O–H groups in total. The molecular weight excluding hydrogens is 300 g/mol. The SMILES string of the molecule is CC(C)(O)CCc1ccc(C(=O)N2CC[C@@H](N3CCCC3)C2)cc1. The average Bonchev–Trinajstić information content (AvgIpc) is 3.23. The molecule has 2 heterocycles. The van der Waals surface area contributed by atoms with Crippen molar-refractivity contribution in [1.29, 1.82) is 0 Å². The van der Waals surface area contributed by atoms with Crippen molar-refractivity contribution in [3.63, 3.8) is 0 Å². The summed E-state index contributed by atoms with van der Waals surface area (Å²) in [4.78, 5) is 17.3. The second kappa shape index (κ2) is 7.24. The summed E-state index contributed by atoms with van der Waals surface area (Å²) in [6.07, 6.45) is 5.27. The highest BCUT2D eigenvalue weighted by Gasteiger charge is 2.31. The molecule has 0 spiro atoms. The minimum absolute atomic E-state index is 0.158. The standard InChI is InChI=1S/C20H30N2O2/c1-20(2,24)11-9-16-5-7-17(8-6-16)19(23)22-14-10-18(15-22)21-12-3-4-13-21/h5-8,18,24H,3-4,9-15H2,1-2H3/t18-/m1/s1.